The molecule has 0 atom stereocenters. The van der Waals surface area contributed by atoms with E-state index in [1.54, 1.807) is 48.2 Å². The fourth-order valence-corrected chi connectivity index (χ4v) is 2.89. The molecule has 0 aliphatic rings. The maximum Gasteiger partial charge on any atom is 0.278 e. The topological polar surface area (TPSA) is 82.8 Å². The lowest BCUT2D eigenvalue weighted by atomic mass is 10.2. The number of nitriles is 1. The maximum absolute atomic E-state index is 12.7. The molecule has 6 nitrogen and oxygen atoms in total. The summed E-state index contributed by atoms with van der Waals surface area (Å²) in [6.07, 6.45) is 4.71. The highest BCUT2D eigenvalue weighted by molar-refractivity contribution is 7.13. The van der Waals surface area contributed by atoms with Gasteiger partial charge in [0.25, 0.3) is 5.91 Å². The van der Waals surface area contributed by atoms with Crippen LogP contribution in [0.25, 0.3) is 10.7 Å². The monoisotopic (exact) mass is 355 g/mol. The van der Waals surface area contributed by atoms with Crippen molar-refractivity contribution in [2.75, 3.05) is 11.4 Å². The first-order valence-electron chi connectivity index (χ1n) is 6.85. The first-order valence-corrected chi connectivity index (χ1v) is 8.11. The van der Waals surface area contributed by atoms with Crippen molar-refractivity contribution in [2.24, 2.45) is 0 Å². The van der Waals surface area contributed by atoms with Crippen LogP contribution in [0, 0.1) is 11.3 Å². The molecule has 3 aromatic rings. The molecule has 0 radical (unpaired) electrons. The van der Waals surface area contributed by atoms with Gasteiger partial charge in [-0.15, -0.1) is 11.3 Å². The van der Waals surface area contributed by atoms with Gasteiger partial charge in [0.15, 0.2) is 0 Å². The standard InChI is InChI=1S/C16H10ClN5OS/c17-11-1-3-12(4-2-11)22(8-5-18)16(23)14-10-24-15(21-14)13-9-19-6-7-20-13/h1-4,6-7,9-10H,8H2. The number of amides is 1. The third-order valence-corrected chi connectivity index (χ3v) is 4.23. The normalized spacial score (nSPS) is 10.2. The molecule has 1 amide bonds. The van der Waals surface area contributed by atoms with E-state index in [9.17, 15) is 4.79 Å². The molecule has 0 unspecified atom stereocenters. The second-order valence-corrected chi connectivity index (χ2v) is 5.95. The van der Waals surface area contributed by atoms with Gasteiger partial charge in [-0.2, -0.15) is 5.26 Å². The van der Waals surface area contributed by atoms with Crippen LogP contribution < -0.4 is 4.90 Å². The molecule has 3 rings (SSSR count). The zero-order chi connectivity index (χ0) is 16.9. The van der Waals surface area contributed by atoms with E-state index in [1.807, 2.05) is 6.07 Å². The van der Waals surface area contributed by atoms with E-state index in [-0.39, 0.29) is 18.1 Å². The number of aromatic nitrogens is 3. The van der Waals surface area contributed by atoms with Crippen molar-refractivity contribution in [3.8, 4) is 16.8 Å². The van der Waals surface area contributed by atoms with Gasteiger partial charge in [-0.3, -0.25) is 19.7 Å². The molecular formula is C16H10ClN5OS. The molecule has 118 valence electrons. The molecule has 8 heteroatoms. The van der Waals surface area contributed by atoms with Gasteiger partial charge in [0.2, 0.25) is 0 Å². The van der Waals surface area contributed by atoms with E-state index in [0.717, 1.165) is 0 Å². The quantitative estimate of drug-likeness (QED) is 0.669. The van der Waals surface area contributed by atoms with Crippen molar-refractivity contribution in [2.45, 2.75) is 0 Å². The highest BCUT2D eigenvalue weighted by atomic mass is 35.5. The Balaban J connectivity index is 1.90. The van der Waals surface area contributed by atoms with Crippen LogP contribution in [0.15, 0.2) is 48.2 Å². The Morgan fingerprint density at radius 1 is 1.29 bits per heavy atom. The molecule has 0 aliphatic heterocycles. The summed E-state index contributed by atoms with van der Waals surface area (Å²) in [5.74, 6) is -0.356. The summed E-state index contributed by atoms with van der Waals surface area (Å²) in [6, 6.07) is 8.71. The average Bonchev–Trinajstić information content (AvgIpc) is 3.11. The summed E-state index contributed by atoms with van der Waals surface area (Å²) in [7, 11) is 0. The summed E-state index contributed by atoms with van der Waals surface area (Å²) in [5.41, 5.74) is 1.44. The smallest absolute Gasteiger partial charge is 0.278 e. The fraction of sp³-hybridized carbons (Fsp3) is 0.0625. The number of halogens is 1. The predicted octanol–water partition coefficient (Wildman–Crippen LogP) is 3.42. The molecule has 1 aromatic carbocycles. The molecule has 2 aromatic heterocycles. The van der Waals surface area contributed by atoms with E-state index >= 15 is 0 Å². The highest BCUT2D eigenvalue weighted by Crippen LogP contribution is 2.24. The Labute approximate surface area is 147 Å². The molecule has 0 N–H and O–H groups in total. The molecule has 24 heavy (non-hydrogen) atoms. The number of rotatable bonds is 4. The van der Waals surface area contributed by atoms with Gasteiger partial charge < -0.3 is 0 Å². The van der Waals surface area contributed by atoms with Crippen molar-refractivity contribution in [3.63, 3.8) is 0 Å². The van der Waals surface area contributed by atoms with E-state index in [2.05, 4.69) is 15.0 Å². The van der Waals surface area contributed by atoms with E-state index in [0.29, 0.717) is 21.4 Å². The Kier molecular flexibility index (Phi) is 4.79. The summed E-state index contributed by atoms with van der Waals surface area (Å²) < 4.78 is 0. The van der Waals surface area contributed by atoms with E-state index < -0.39 is 0 Å². The molecule has 0 fully saturated rings. The van der Waals surface area contributed by atoms with Crippen molar-refractivity contribution in [1.29, 1.82) is 5.26 Å². The van der Waals surface area contributed by atoms with Gasteiger partial charge in [0.05, 0.1) is 12.3 Å². The van der Waals surface area contributed by atoms with Crippen molar-refractivity contribution >= 4 is 34.5 Å². The highest BCUT2D eigenvalue weighted by Gasteiger charge is 2.21. The average molecular weight is 356 g/mol. The third-order valence-electron chi connectivity index (χ3n) is 3.12. The first kappa shape index (κ1) is 16.1. The molecule has 2 heterocycles. The minimum atomic E-state index is -0.356. The minimum Gasteiger partial charge on any atom is -0.293 e. The molecule has 0 saturated heterocycles. The number of benzene rings is 1. The molecule has 0 spiro atoms. The van der Waals surface area contributed by atoms with Crippen molar-refractivity contribution in [1.82, 2.24) is 15.0 Å². The second-order valence-electron chi connectivity index (χ2n) is 4.65. The lowest BCUT2D eigenvalue weighted by molar-refractivity contribution is 0.0986. The van der Waals surface area contributed by atoms with Crippen LogP contribution in [0.2, 0.25) is 5.02 Å². The number of hydrogen-bond acceptors (Lipinski definition) is 6. The number of thiazole rings is 1. The number of anilines is 1. The number of nitrogens with zero attached hydrogens (tertiary/aromatic N) is 5. The Morgan fingerprint density at radius 3 is 2.75 bits per heavy atom. The van der Waals surface area contributed by atoms with Crippen molar-refractivity contribution < 1.29 is 4.79 Å². The van der Waals surface area contributed by atoms with Gasteiger partial charge in [-0.05, 0) is 24.3 Å². The van der Waals surface area contributed by atoms with Crippen LogP contribution in [0.5, 0.6) is 0 Å². The van der Waals surface area contributed by atoms with Gasteiger partial charge in [0.1, 0.15) is 22.9 Å². The van der Waals surface area contributed by atoms with Crippen LogP contribution in [0.3, 0.4) is 0 Å². The lowest BCUT2D eigenvalue weighted by Crippen LogP contribution is -2.31. The SMILES string of the molecule is N#CCN(C(=O)c1csc(-c2cnccn2)n1)c1ccc(Cl)cc1. The largest absolute Gasteiger partial charge is 0.293 e. The van der Waals surface area contributed by atoms with Crippen LogP contribution in [0.4, 0.5) is 5.69 Å². The van der Waals surface area contributed by atoms with Crippen molar-refractivity contribution in [3.05, 3.63) is 59.0 Å². The van der Waals surface area contributed by atoms with Crippen LogP contribution in [-0.2, 0) is 0 Å². The number of carbonyl (C=O) groups excluding carboxylic acids is 1. The predicted molar refractivity (Wildman–Crippen MR) is 91.9 cm³/mol. The molecule has 0 bridgehead atoms. The fourth-order valence-electron chi connectivity index (χ4n) is 2.01. The summed E-state index contributed by atoms with van der Waals surface area (Å²) in [6.45, 7) is -0.0849. The van der Waals surface area contributed by atoms with Crippen LogP contribution >= 0.6 is 22.9 Å². The van der Waals surface area contributed by atoms with Crippen LogP contribution in [0.1, 0.15) is 10.5 Å². The number of carbonyl (C=O) groups is 1. The Hall–Kier alpha value is -2.82. The zero-order valence-electron chi connectivity index (χ0n) is 12.3. The molecule has 0 saturated carbocycles. The van der Waals surface area contributed by atoms with Gasteiger partial charge in [-0.1, -0.05) is 11.6 Å². The summed E-state index contributed by atoms with van der Waals surface area (Å²) in [5, 5.41) is 11.8. The zero-order valence-corrected chi connectivity index (χ0v) is 13.8. The van der Waals surface area contributed by atoms with E-state index in [4.69, 9.17) is 16.9 Å². The van der Waals surface area contributed by atoms with E-state index in [1.165, 1.54) is 16.2 Å². The second kappa shape index (κ2) is 7.17. The maximum atomic E-state index is 12.7. The number of hydrogen-bond donors (Lipinski definition) is 0. The molecule has 0 aliphatic carbocycles. The summed E-state index contributed by atoms with van der Waals surface area (Å²) >= 11 is 7.17. The lowest BCUT2D eigenvalue weighted by Gasteiger charge is -2.18. The van der Waals surface area contributed by atoms with Gasteiger partial charge in [0, 0.05) is 28.5 Å². The van der Waals surface area contributed by atoms with Crippen LogP contribution in [-0.4, -0.2) is 27.4 Å². The Morgan fingerprint density at radius 2 is 2.08 bits per heavy atom. The van der Waals surface area contributed by atoms with Gasteiger partial charge >= 0.3 is 0 Å². The van der Waals surface area contributed by atoms with Gasteiger partial charge in [-0.25, -0.2) is 4.98 Å². The molecular weight excluding hydrogens is 346 g/mol. The first-order chi connectivity index (χ1) is 11.7. The Bertz CT molecular complexity index is 889. The summed E-state index contributed by atoms with van der Waals surface area (Å²) in [4.78, 5) is 26.5. The third kappa shape index (κ3) is 3.40. The minimum absolute atomic E-state index is 0.0849.